The van der Waals surface area contributed by atoms with E-state index in [4.69, 9.17) is 4.84 Å². The highest BCUT2D eigenvalue weighted by Crippen LogP contribution is 2.33. The van der Waals surface area contributed by atoms with E-state index in [2.05, 4.69) is 25.4 Å². The van der Waals surface area contributed by atoms with Gasteiger partial charge in [0.1, 0.15) is 5.82 Å². The fourth-order valence-corrected chi connectivity index (χ4v) is 4.80. The first-order chi connectivity index (χ1) is 14.4. The molecular weight excluding hydrogens is 433 g/mol. The third-order valence-electron chi connectivity index (χ3n) is 4.24. The number of amides is 1. The van der Waals surface area contributed by atoms with Gasteiger partial charge in [0.05, 0.1) is 16.3 Å². The smallest absolute Gasteiger partial charge is 0.280 e. The molecule has 0 bridgehead atoms. The molecule has 1 aromatic carbocycles. The highest BCUT2D eigenvalue weighted by molar-refractivity contribution is 7.92. The van der Waals surface area contributed by atoms with E-state index in [1.54, 1.807) is 12.4 Å². The fraction of sp³-hybridized carbons (Fsp3) is 0.222. The summed E-state index contributed by atoms with van der Waals surface area (Å²) in [5.41, 5.74) is 0.214. The standard InChI is InChI=1S/C18H16FN5O4S2/c19-14-9-22-18(29-14)23-17(25)16(24-28-10-15-20-7-8-21-15)11-1-3-12(4-2-11)30(26,27)13-5-6-13/h1-4,7-9,13H,5-6,10H2,(H,20,21)(H,22,23,25). The van der Waals surface area contributed by atoms with Crippen LogP contribution in [0.15, 0.2) is 52.9 Å². The van der Waals surface area contributed by atoms with Crippen molar-refractivity contribution < 1.29 is 22.4 Å². The number of carbonyl (C=O) groups is 1. The van der Waals surface area contributed by atoms with Crippen molar-refractivity contribution in [2.45, 2.75) is 29.6 Å². The first-order valence-corrected chi connectivity index (χ1v) is 11.2. The van der Waals surface area contributed by atoms with E-state index < -0.39 is 20.9 Å². The molecule has 4 rings (SSSR count). The van der Waals surface area contributed by atoms with Crippen molar-refractivity contribution in [3.63, 3.8) is 0 Å². The third-order valence-corrected chi connectivity index (χ3v) is 7.22. The van der Waals surface area contributed by atoms with Gasteiger partial charge in [-0.15, -0.1) is 0 Å². The van der Waals surface area contributed by atoms with Crippen molar-refractivity contribution in [1.29, 1.82) is 0 Å². The molecule has 1 aliphatic rings. The second-order valence-electron chi connectivity index (χ2n) is 6.44. The second kappa shape index (κ2) is 8.32. The molecule has 2 N–H and O–H groups in total. The fourth-order valence-electron chi connectivity index (χ4n) is 2.60. The summed E-state index contributed by atoms with van der Waals surface area (Å²) in [6.07, 6.45) is 5.47. The van der Waals surface area contributed by atoms with Gasteiger partial charge >= 0.3 is 0 Å². The summed E-state index contributed by atoms with van der Waals surface area (Å²) in [5.74, 6) is -0.173. The number of nitrogens with one attached hydrogen (secondary N) is 2. The zero-order valence-electron chi connectivity index (χ0n) is 15.4. The monoisotopic (exact) mass is 449 g/mol. The van der Waals surface area contributed by atoms with E-state index in [9.17, 15) is 17.6 Å². The number of hydrogen-bond donors (Lipinski definition) is 2. The Morgan fingerprint density at radius 1 is 1.30 bits per heavy atom. The van der Waals surface area contributed by atoms with Gasteiger partial charge in [-0.25, -0.2) is 18.4 Å². The quantitative estimate of drug-likeness (QED) is 0.402. The number of halogens is 1. The van der Waals surface area contributed by atoms with Crippen LogP contribution in [0.25, 0.3) is 0 Å². The highest BCUT2D eigenvalue weighted by Gasteiger charge is 2.36. The zero-order valence-corrected chi connectivity index (χ0v) is 17.0. The van der Waals surface area contributed by atoms with Gasteiger partial charge in [0.2, 0.25) is 0 Å². The summed E-state index contributed by atoms with van der Waals surface area (Å²) < 4.78 is 37.9. The van der Waals surface area contributed by atoms with Gasteiger partial charge in [-0.1, -0.05) is 28.6 Å². The summed E-state index contributed by atoms with van der Waals surface area (Å²) >= 11 is 0.667. The van der Waals surface area contributed by atoms with Crippen LogP contribution in [-0.2, 0) is 26.1 Å². The minimum absolute atomic E-state index is 0.0101. The number of oxime groups is 1. The number of nitrogens with zero attached hydrogens (tertiary/aromatic N) is 3. The number of thiazole rings is 1. The topological polar surface area (TPSA) is 126 Å². The number of anilines is 1. The molecule has 2 heterocycles. The van der Waals surface area contributed by atoms with Crippen molar-refractivity contribution >= 4 is 37.9 Å². The van der Waals surface area contributed by atoms with E-state index >= 15 is 0 Å². The molecule has 3 aromatic rings. The van der Waals surface area contributed by atoms with Gasteiger partial charge in [-0.05, 0) is 25.0 Å². The lowest BCUT2D eigenvalue weighted by molar-refractivity contribution is -0.110. The molecule has 12 heteroatoms. The number of carbonyl (C=O) groups excluding carboxylic acids is 1. The van der Waals surface area contributed by atoms with Gasteiger partial charge in [0.25, 0.3) is 5.91 Å². The Hall–Kier alpha value is -3.12. The predicted molar refractivity (Wildman–Crippen MR) is 107 cm³/mol. The van der Waals surface area contributed by atoms with Crippen LogP contribution in [0.3, 0.4) is 0 Å². The average Bonchev–Trinajstić information content (AvgIpc) is 3.34. The Morgan fingerprint density at radius 3 is 2.67 bits per heavy atom. The predicted octanol–water partition coefficient (Wildman–Crippen LogP) is 2.50. The number of H-pyrrole nitrogens is 1. The Bertz CT molecular complexity index is 1170. The summed E-state index contributed by atoms with van der Waals surface area (Å²) in [7, 11) is -3.35. The molecule has 1 saturated carbocycles. The maximum atomic E-state index is 13.2. The van der Waals surface area contributed by atoms with Gasteiger partial charge in [-0.3, -0.25) is 10.1 Å². The first kappa shape index (κ1) is 20.2. The van der Waals surface area contributed by atoms with Crippen LogP contribution in [0, 0.1) is 5.13 Å². The number of imidazole rings is 1. The third kappa shape index (κ3) is 4.54. The number of benzene rings is 1. The summed E-state index contributed by atoms with van der Waals surface area (Å²) in [6, 6.07) is 5.82. The number of aromatic nitrogens is 3. The molecule has 0 atom stereocenters. The number of aromatic amines is 1. The first-order valence-electron chi connectivity index (χ1n) is 8.89. The van der Waals surface area contributed by atoms with E-state index in [-0.39, 0.29) is 27.6 Å². The lowest BCUT2D eigenvalue weighted by Crippen LogP contribution is -2.24. The van der Waals surface area contributed by atoms with Gasteiger partial charge in [0, 0.05) is 18.0 Å². The molecule has 1 amide bonds. The molecule has 0 aliphatic heterocycles. The van der Waals surface area contributed by atoms with Crippen molar-refractivity contribution in [2.75, 3.05) is 5.32 Å². The van der Waals surface area contributed by atoms with Crippen molar-refractivity contribution in [1.82, 2.24) is 15.0 Å². The SMILES string of the molecule is O=C(Nc1ncc(F)s1)C(=NOCc1ncc[nH]1)c1ccc(S(=O)(=O)C2CC2)cc1. The Balaban J connectivity index is 1.57. The minimum Gasteiger partial charge on any atom is -0.387 e. The minimum atomic E-state index is -3.35. The molecule has 0 saturated heterocycles. The maximum absolute atomic E-state index is 13.2. The molecule has 156 valence electrons. The molecule has 9 nitrogen and oxygen atoms in total. The summed E-state index contributed by atoms with van der Waals surface area (Å²) in [5, 5.41) is 5.52. The van der Waals surface area contributed by atoms with Gasteiger partial charge in [-0.2, -0.15) is 4.39 Å². The van der Waals surface area contributed by atoms with Gasteiger partial charge in [0.15, 0.2) is 32.4 Å². The summed E-state index contributed by atoms with van der Waals surface area (Å²) in [4.78, 5) is 28.7. The zero-order chi connectivity index (χ0) is 21.1. The molecule has 0 spiro atoms. The van der Waals surface area contributed by atoms with E-state index in [0.29, 0.717) is 35.6 Å². The lowest BCUT2D eigenvalue weighted by atomic mass is 10.1. The van der Waals surface area contributed by atoms with E-state index in [0.717, 1.165) is 6.20 Å². The maximum Gasteiger partial charge on any atom is 0.280 e. The summed E-state index contributed by atoms with van der Waals surface area (Å²) in [6.45, 7) is -0.0101. The van der Waals surface area contributed by atoms with Crippen molar-refractivity contribution in [3.8, 4) is 0 Å². The largest absolute Gasteiger partial charge is 0.387 e. The number of hydrogen-bond acceptors (Lipinski definition) is 8. The molecule has 0 unspecified atom stereocenters. The van der Waals surface area contributed by atoms with Crippen LogP contribution in [0.5, 0.6) is 0 Å². The van der Waals surface area contributed by atoms with Crippen LogP contribution >= 0.6 is 11.3 Å². The molecule has 1 aliphatic carbocycles. The molecule has 2 aromatic heterocycles. The van der Waals surface area contributed by atoms with Crippen LogP contribution in [0.1, 0.15) is 24.2 Å². The van der Waals surface area contributed by atoms with E-state index in [1.165, 1.54) is 24.3 Å². The van der Waals surface area contributed by atoms with Crippen LogP contribution in [-0.4, -0.2) is 40.2 Å². The van der Waals surface area contributed by atoms with Crippen LogP contribution < -0.4 is 5.32 Å². The van der Waals surface area contributed by atoms with Crippen LogP contribution in [0.2, 0.25) is 0 Å². The Kier molecular flexibility index (Phi) is 5.59. The average molecular weight is 449 g/mol. The Morgan fingerprint density at radius 2 is 2.07 bits per heavy atom. The molecular formula is C18H16FN5O4S2. The van der Waals surface area contributed by atoms with Crippen molar-refractivity contribution in [2.24, 2.45) is 5.16 Å². The molecule has 30 heavy (non-hydrogen) atoms. The molecule has 0 radical (unpaired) electrons. The normalized spacial score (nSPS) is 14.5. The molecule has 1 fully saturated rings. The van der Waals surface area contributed by atoms with Crippen molar-refractivity contribution in [3.05, 3.63) is 59.4 Å². The van der Waals surface area contributed by atoms with Gasteiger partial charge < -0.3 is 9.82 Å². The van der Waals surface area contributed by atoms with E-state index in [1.807, 2.05) is 0 Å². The number of sulfone groups is 1. The van der Waals surface area contributed by atoms with Crippen LogP contribution in [0.4, 0.5) is 9.52 Å². The number of rotatable bonds is 8. The lowest BCUT2D eigenvalue weighted by Gasteiger charge is -2.08. The second-order valence-corrected chi connectivity index (χ2v) is 9.65. The highest BCUT2D eigenvalue weighted by atomic mass is 32.2. The Labute approximate surface area is 174 Å².